The molecule has 132 valence electrons. The average Bonchev–Trinajstić information content (AvgIpc) is 3.22. The molecule has 26 heavy (non-hydrogen) atoms. The van der Waals surface area contributed by atoms with E-state index in [2.05, 4.69) is 10.4 Å². The number of amides is 1. The Balaban J connectivity index is 1.71. The van der Waals surface area contributed by atoms with E-state index in [-0.39, 0.29) is 22.2 Å². The highest BCUT2D eigenvalue weighted by atomic mass is 35.5. The van der Waals surface area contributed by atoms with Crippen molar-refractivity contribution in [3.8, 4) is 5.69 Å². The zero-order valence-electron chi connectivity index (χ0n) is 13.6. The van der Waals surface area contributed by atoms with Gasteiger partial charge in [-0.2, -0.15) is 5.10 Å². The highest BCUT2D eigenvalue weighted by Crippen LogP contribution is 2.29. The van der Waals surface area contributed by atoms with E-state index in [1.54, 1.807) is 22.9 Å². The SMILES string of the molecule is O=C(Nc1cccc(Cl)c1F)c1nn(-c2ccc(F)cc2)c2c1CCC2. The molecule has 1 aliphatic rings. The molecule has 2 aromatic carbocycles. The van der Waals surface area contributed by atoms with Gasteiger partial charge in [0.25, 0.3) is 5.91 Å². The topological polar surface area (TPSA) is 46.9 Å². The first-order valence-corrected chi connectivity index (χ1v) is 8.54. The predicted octanol–water partition coefficient (Wildman–Crippen LogP) is 4.54. The number of carbonyl (C=O) groups excluding carboxylic acids is 1. The Hall–Kier alpha value is -2.73. The zero-order valence-corrected chi connectivity index (χ0v) is 14.4. The lowest BCUT2D eigenvalue weighted by Crippen LogP contribution is -2.16. The third kappa shape index (κ3) is 2.86. The van der Waals surface area contributed by atoms with Crippen molar-refractivity contribution in [2.24, 2.45) is 0 Å². The fraction of sp³-hybridized carbons (Fsp3) is 0.158. The van der Waals surface area contributed by atoms with Crippen LogP contribution in [0.5, 0.6) is 0 Å². The maximum Gasteiger partial charge on any atom is 0.276 e. The molecule has 0 fully saturated rings. The Morgan fingerprint density at radius 2 is 1.88 bits per heavy atom. The number of fused-ring (bicyclic) bond motifs is 1. The molecule has 1 heterocycles. The number of rotatable bonds is 3. The summed E-state index contributed by atoms with van der Waals surface area (Å²) < 4.78 is 28.9. The van der Waals surface area contributed by atoms with Gasteiger partial charge in [-0.1, -0.05) is 17.7 Å². The second kappa shape index (κ2) is 6.53. The predicted molar refractivity (Wildman–Crippen MR) is 94.9 cm³/mol. The summed E-state index contributed by atoms with van der Waals surface area (Å²) in [7, 11) is 0. The highest BCUT2D eigenvalue weighted by Gasteiger charge is 2.27. The van der Waals surface area contributed by atoms with Crippen LogP contribution in [-0.4, -0.2) is 15.7 Å². The van der Waals surface area contributed by atoms with E-state index in [0.717, 1.165) is 30.5 Å². The van der Waals surface area contributed by atoms with Crippen molar-refractivity contribution in [3.63, 3.8) is 0 Å². The summed E-state index contributed by atoms with van der Waals surface area (Å²) in [6.07, 6.45) is 2.40. The first kappa shape index (κ1) is 16.7. The van der Waals surface area contributed by atoms with Crippen LogP contribution in [0.3, 0.4) is 0 Å². The number of aromatic nitrogens is 2. The van der Waals surface area contributed by atoms with E-state index < -0.39 is 11.7 Å². The Kier molecular flexibility index (Phi) is 4.20. The van der Waals surface area contributed by atoms with E-state index in [9.17, 15) is 13.6 Å². The van der Waals surface area contributed by atoms with Crippen molar-refractivity contribution in [3.05, 3.63) is 76.1 Å². The van der Waals surface area contributed by atoms with Crippen LogP contribution >= 0.6 is 11.6 Å². The van der Waals surface area contributed by atoms with Crippen molar-refractivity contribution in [1.29, 1.82) is 0 Å². The van der Waals surface area contributed by atoms with Crippen molar-refractivity contribution in [2.45, 2.75) is 19.3 Å². The molecule has 3 aromatic rings. The molecule has 7 heteroatoms. The smallest absolute Gasteiger partial charge is 0.276 e. The third-order valence-electron chi connectivity index (χ3n) is 4.42. The van der Waals surface area contributed by atoms with Crippen molar-refractivity contribution < 1.29 is 13.6 Å². The maximum atomic E-state index is 14.1. The second-order valence-electron chi connectivity index (χ2n) is 6.07. The van der Waals surface area contributed by atoms with Crippen LogP contribution in [0.15, 0.2) is 42.5 Å². The molecule has 1 amide bonds. The van der Waals surface area contributed by atoms with Gasteiger partial charge in [0.05, 0.1) is 16.4 Å². The molecule has 0 radical (unpaired) electrons. The quantitative estimate of drug-likeness (QED) is 0.732. The molecule has 0 spiro atoms. The van der Waals surface area contributed by atoms with Gasteiger partial charge < -0.3 is 5.32 Å². The molecule has 1 N–H and O–H groups in total. The molecule has 0 bridgehead atoms. The zero-order chi connectivity index (χ0) is 18.3. The van der Waals surface area contributed by atoms with Crippen LogP contribution in [0, 0.1) is 11.6 Å². The molecule has 1 aliphatic carbocycles. The van der Waals surface area contributed by atoms with Crippen LogP contribution in [0.4, 0.5) is 14.5 Å². The monoisotopic (exact) mass is 373 g/mol. The molecule has 0 atom stereocenters. The van der Waals surface area contributed by atoms with Gasteiger partial charge in [0.2, 0.25) is 0 Å². The Morgan fingerprint density at radius 1 is 1.12 bits per heavy atom. The summed E-state index contributed by atoms with van der Waals surface area (Å²) in [6.45, 7) is 0. The first-order chi connectivity index (χ1) is 12.5. The van der Waals surface area contributed by atoms with Crippen molar-refractivity contribution >= 4 is 23.2 Å². The lowest BCUT2D eigenvalue weighted by atomic mass is 10.2. The fourth-order valence-corrected chi connectivity index (χ4v) is 3.37. The van der Waals surface area contributed by atoms with Crippen LogP contribution in [-0.2, 0) is 12.8 Å². The maximum absolute atomic E-state index is 14.1. The summed E-state index contributed by atoms with van der Waals surface area (Å²) in [5.41, 5.74) is 2.70. The Labute approximate surface area is 153 Å². The van der Waals surface area contributed by atoms with Crippen LogP contribution < -0.4 is 5.32 Å². The molecule has 0 saturated heterocycles. The van der Waals surface area contributed by atoms with Crippen LogP contribution in [0.1, 0.15) is 28.2 Å². The molecule has 0 saturated carbocycles. The summed E-state index contributed by atoms with van der Waals surface area (Å²) in [6, 6.07) is 10.3. The minimum Gasteiger partial charge on any atom is -0.318 e. The van der Waals surface area contributed by atoms with E-state index in [1.807, 2.05) is 0 Å². The highest BCUT2D eigenvalue weighted by molar-refractivity contribution is 6.31. The lowest BCUT2D eigenvalue weighted by molar-refractivity contribution is 0.102. The van der Waals surface area contributed by atoms with Gasteiger partial charge in [-0.25, -0.2) is 13.5 Å². The van der Waals surface area contributed by atoms with Gasteiger partial charge in [0, 0.05) is 11.3 Å². The molecule has 0 aliphatic heterocycles. The molecule has 0 unspecified atom stereocenters. The molecule has 1 aromatic heterocycles. The van der Waals surface area contributed by atoms with E-state index >= 15 is 0 Å². The first-order valence-electron chi connectivity index (χ1n) is 8.16. The van der Waals surface area contributed by atoms with E-state index in [1.165, 1.54) is 24.3 Å². The third-order valence-corrected chi connectivity index (χ3v) is 4.71. The van der Waals surface area contributed by atoms with Gasteiger partial charge in [0.1, 0.15) is 5.82 Å². The minimum absolute atomic E-state index is 0.00517. The van der Waals surface area contributed by atoms with Gasteiger partial charge >= 0.3 is 0 Å². The average molecular weight is 374 g/mol. The number of benzene rings is 2. The number of carbonyl (C=O) groups is 1. The summed E-state index contributed by atoms with van der Waals surface area (Å²) in [5.74, 6) is -1.52. The van der Waals surface area contributed by atoms with Crippen LogP contribution in [0.2, 0.25) is 5.02 Å². The number of hydrogen-bond acceptors (Lipinski definition) is 2. The second-order valence-corrected chi connectivity index (χ2v) is 6.48. The van der Waals surface area contributed by atoms with E-state index in [0.29, 0.717) is 5.69 Å². The van der Waals surface area contributed by atoms with Gasteiger partial charge in [0.15, 0.2) is 11.5 Å². The van der Waals surface area contributed by atoms with Crippen molar-refractivity contribution in [1.82, 2.24) is 9.78 Å². The minimum atomic E-state index is -0.683. The van der Waals surface area contributed by atoms with Gasteiger partial charge in [-0.05, 0) is 55.7 Å². The standard InChI is InChI=1S/C19H14ClF2N3O/c20-14-4-2-5-15(17(14)22)23-19(26)18-13-3-1-6-16(13)25(24-18)12-9-7-11(21)8-10-12/h2,4-5,7-10H,1,3,6H2,(H,23,26). The molecular formula is C19H14ClF2N3O. The summed E-state index contributed by atoms with van der Waals surface area (Å²) in [5, 5.41) is 6.88. The van der Waals surface area contributed by atoms with E-state index in [4.69, 9.17) is 11.6 Å². The van der Waals surface area contributed by atoms with Crippen molar-refractivity contribution in [2.75, 3.05) is 5.32 Å². The lowest BCUT2D eigenvalue weighted by Gasteiger charge is -2.07. The molecular weight excluding hydrogens is 360 g/mol. The Bertz CT molecular complexity index is 999. The number of hydrogen-bond donors (Lipinski definition) is 1. The fourth-order valence-electron chi connectivity index (χ4n) is 3.20. The normalized spacial score (nSPS) is 12.9. The largest absolute Gasteiger partial charge is 0.318 e. The molecule has 4 rings (SSSR count). The number of nitrogens with zero attached hydrogens (tertiary/aromatic N) is 2. The Morgan fingerprint density at radius 3 is 2.65 bits per heavy atom. The summed E-state index contributed by atoms with van der Waals surface area (Å²) in [4.78, 5) is 12.7. The molecule has 4 nitrogen and oxygen atoms in total. The number of anilines is 1. The van der Waals surface area contributed by atoms with Crippen LogP contribution in [0.25, 0.3) is 5.69 Å². The van der Waals surface area contributed by atoms with Gasteiger partial charge in [-0.15, -0.1) is 0 Å². The number of nitrogens with one attached hydrogen (secondary N) is 1. The summed E-state index contributed by atoms with van der Waals surface area (Å²) >= 11 is 5.76. The number of halogens is 3. The van der Waals surface area contributed by atoms with Gasteiger partial charge in [-0.3, -0.25) is 4.79 Å².